The molecule has 0 heterocycles. The lowest BCUT2D eigenvalue weighted by molar-refractivity contribution is -0.140. The van der Waals surface area contributed by atoms with Crippen LogP contribution in [0.15, 0.2) is 77.7 Å². The zero-order valence-corrected chi connectivity index (χ0v) is 25.6. The first-order valence-corrected chi connectivity index (χ1v) is 15.4. The Bertz CT molecular complexity index is 1420. The minimum Gasteiger partial charge on any atom is -0.354 e. The summed E-state index contributed by atoms with van der Waals surface area (Å²) in [5.41, 5.74) is 0.737. The maximum atomic E-state index is 14.1. The molecule has 214 valence electrons. The SMILES string of the molecule is CC[C@@H](C(=O)NCC(C)C)N(Cc1ccccc1Cl)C(=O)CN(c1cc(Cl)cc(Cl)c1)S(=O)(=O)c1ccccc1. The van der Waals surface area contributed by atoms with Gasteiger partial charge in [-0.1, -0.05) is 92.0 Å². The average molecular weight is 625 g/mol. The number of sulfonamides is 1. The Kier molecular flexibility index (Phi) is 11.3. The molecule has 1 atom stereocenters. The second kappa shape index (κ2) is 14.2. The molecule has 1 N–H and O–H groups in total. The quantitative estimate of drug-likeness (QED) is 0.252. The molecule has 0 spiro atoms. The van der Waals surface area contributed by atoms with E-state index in [2.05, 4.69) is 5.32 Å². The summed E-state index contributed by atoms with van der Waals surface area (Å²) in [6.45, 7) is 5.56. The van der Waals surface area contributed by atoms with Gasteiger partial charge in [0.1, 0.15) is 12.6 Å². The van der Waals surface area contributed by atoms with Crippen LogP contribution in [0.2, 0.25) is 15.1 Å². The molecule has 3 rings (SSSR count). The lowest BCUT2D eigenvalue weighted by atomic mass is 10.1. The topological polar surface area (TPSA) is 86.8 Å². The molecule has 0 aromatic heterocycles. The lowest BCUT2D eigenvalue weighted by Gasteiger charge is -2.33. The van der Waals surface area contributed by atoms with Crippen LogP contribution in [0.1, 0.15) is 32.8 Å². The van der Waals surface area contributed by atoms with Gasteiger partial charge >= 0.3 is 0 Å². The van der Waals surface area contributed by atoms with Crippen molar-refractivity contribution in [1.82, 2.24) is 10.2 Å². The van der Waals surface area contributed by atoms with Gasteiger partial charge in [0.05, 0.1) is 10.6 Å². The Balaban J connectivity index is 2.08. The molecule has 0 unspecified atom stereocenters. The van der Waals surface area contributed by atoms with Crippen LogP contribution in [0.3, 0.4) is 0 Å². The summed E-state index contributed by atoms with van der Waals surface area (Å²) in [5.74, 6) is -0.727. The minimum absolute atomic E-state index is 0.00163. The van der Waals surface area contributed by atoms with E-state index in [-0.39, 0.29) is 39.0 Å². The number of nitrogens with zero attached hydrogens (tertiary/aromatic N) is 2. The van der Waals surface area contributed by atoms with Crippen LogP contribution >= 0.6 is 34.8 Å². The van der Waals surface area contributed by atoms with Gasteiger partial charge in [0.2, 0.25) is 11.8 Å². The summed E-state index contributed by atoms with van der Waals surface area (Å²) in [5, 5.41) is 3.73. The summed E-state index contributed by atoms with van der Waals surface area (Å²) in [7, 11) is -4.23. The molecule has 11 heteroatoms. The van der Waals surface area contributed by atoms with Crippen molar-refractivity contribution in [3.05, 3.63) is 93.4 Å². The smallest absolute Gasteiger partial charge is 0.264 e. The van der Waals surface area contributed by atoms with Crippen LogP contribution in [0.25, 0.3) is 0 Å². The monoisotopic (exact) mass is 623 g/mol. The predicted molar refractivity (Wildman–Crippen MR) is 161 cm³/mol. The van der Waals surface area contributed by atoms with Crippen LogP contribution in [-0.4, -0.2) is 44.3 Å². The third-order valence-corrected chi connectivity index (χ3v) is 8.71. The molecule has 3 aromatic carbocycles. The van der Waals surface area contributed by atoms with E-state index in [0.717, 1.165) is 4.31 Å². The molecule has 40 heavy (non-hydrogen) atoms. The molecule has 3 aromatic rings. The highest BCUT2D eigenvalue weighted by Crippen LogP contribution is 2.30. The fraction of sp³-hybridized carbons (Fsp3) is 0.310. The van der Waals surface area contributed by atoms with Crippen LogP contribution in [-0.2, 0) is 26.2 Å². The molecule has 0 radical (unpaired) electrons. The number of amides is 2. The molecule has 0 aliphatic heterocycles. The third-order valence-electron chi connectivity index (χ3n) is 6.11. The highest BCUT2D eigenvalue weighted by molar-refractivity contribution is 7.92. The summed E-state index contributed by atoms with van der Waals surface area (Å²) in [6, 6.07) is 18.2. The zero-order valence-electron chi connectivity index (χ0n) is 22.5. The van der Waals surface area contributed by atoms with Crippen LogP contribution in [0, 0.1) is 5.92 Å². The first-order chi connectivity index (χ1) is 18.9. The maximum Gasteiger partial charge on any atom is 0.264 e. The van der Waals surface area contributed by atoms with Gasteiger partial charge in [0.25, 0.3) is 10.0 Å². The van der Waals surface area contributed by atoms with E-state index in [4.69, 9.17) is 34.8 Å². The average Bonchev–Trinajstić information content (AvgIpc) is 2.91. The molecular weight excluding hydrogens is 593 g/mol. The molecule has 7 nitrogen and oxygen atoms in total. The van der Waals surface area contributed by atoms with Gasteiger partial charge in [-0.25, -0.2) is 8.42 Å². The van der Waals surface area contributed by atoms with Crippen molar-refractivity contribution in [2.24, 2.45) is 5.92 Å². The van der Waals surface area contributed by atoms with Gasteiger partial charge in [0, 0.05) is 28.2 Å². The number of nitrogens with one attached hydrogen (secondary N) is 1. The Morgan fingerprint density at radius 3 is 2.08 bits per heavy atom. The van der Waals surface area contributed by atoms with Crippen molar-refractivity contribution < 1.29 is 18.0 Å². The van der Waals surface area contributed by atoms with E-state index in [1.165, 1.54) is 35.2 Å². The van der Waals surface area contributed by atoms with Gasteiger partial charge in [-0.15, -0.1) is 0 Å². The van der Waals surface area contributed by atoms with Crippen LogP contribution < -0.4 is 9.62 Å². The highest BCUT2D eigenvalue weighted by atomic mass is 35.5. The minimum atomic E-state index is -4.23. The Labute approximate surface area is 251 Å². The first-order valence-electron chi connectivity index (χ1n) is 12.8. The molecular formula is C29H32Cl3N3O4S. The van der Waals surface area contributed by atoms with Gasteiger partial charge in [-0.3, -0.25) is 13.9 Å². The summed E-state index contributed by atoms with van der Waals surface area (Å²) in [6.07, 6.45) is 0.300. The number of benzene rings is 3. The first kappa shape index (κ1) is 31.7. The van der Waals surface area contributed by atoms with E-state index in [0.29, 0.717) is 23.6 Å². The molecule has 0 saturated heterocycles. The van der Waals surface area contributed by atoms with Crippen molar-refractivity contribution in [3.63, 3.8) is 0 Å². The highest BCUT2D eigenvalue weighted by Gasteiger charge is 2.34. The van der Waals surface area contributed by atoms with E-state index in [9.17, 15) is 18.0 Å². The number of hydrogen-bond acceptors (Lipinski definition) is 4. The lowest BCUT2D eigenvalue weighted by Crippen LogP contribution is -2.52. The molecule has 0 bridgehead atoms. The molecule has 0 saturated carbocycles. The fourth-order valence-electron chi connectivity index (χ4n) is 4.08. The molecule has 0 fully saturated rings. The van der Waals surface area contributed by atoms with Crippen LogP contribution in [0.5, 0.6) is 0 Å². The predicted octanol–water partition coefficient (Wildman–Crippen LogP) is 6.42. The Morgan fingerprint density at radius 2 is 1.50 bits per heavy atom. The van der Waals surface area contributed by atoms with Gasteiger partial charge in [-0.2, -0.15) is 0 Å². The molecule has 0 aliphatic carbocycles. The number of carbonyl (C=O) groups is 2. The van der Waals surface area contributed by atoms with Crippen molar-refractivity contribution in [3.8, 4) is 0 Å². The van der Waals surface area contributed by atoms with Crippen molar-refractivity contribution >= 4 is 62.3 Å². The number of hydrogen-bond donors (Lipinski definition) is 1. The zero-order chi connectivity index (χ0) is 29.4. The van der Waals surface area contributed by atoms with E-state index < -0.39 is 28.5 Å². The van der Waals surface area contributed by atoms with E-state index in [1.807, 2.05) is 13.8 Å². The Hall–Kier alpha value is -2.78. The summed E-state index contributed by atoms with van der Waals surface area (Å²) in [4.78, 5) is 28.7. The van der Waals surface area contributed by atoms with Gasteiger partial charge < -0.3 is 10.2 Å². The van der Waals surface area contributed by atoms with Gasteiger partial charge in [0.15, 0.2) is 0 Å². The standard InChI is InChI=1S/C29H32Cl3N3O4S/c1-4-27(29(37)33-17-20(2)3)34(18-21-10-8-9-13-26(21)32)28(36)19-35(24-15-22(30)14-23(31)16-24)40(38,39)25-11-6-5-7-12-25/h5-16,20,27H,4,17-19H2,1-3H3,(H,33,37)/t27-/m0/s1. The number of carbonyl (C=O) groups excluding carboxylic acids is 2. The largest absolute Gasteiger partial charge is 0.354 e. The van der Waals surface area contributed by atoms with Crippen molar-refractivity contribution in [2.45, 2.75) is 44.7 Å². The number of rotatable bonds is 12. The van der Waals surface area contributed by atoms with Crippen molar-refractivity contribution in [1.29, 1.82) is 0 Å². The second-order valence-electron chi connectivity index (χ2n) is 9.63. The molecule has 0 aliphatic rings. The normalized spacial score (nSPS) is 12.2. The van der Waals surface area contributed by atoms with Crippen LogP contribution in [0.4, 0.5) is 5.69 Å². The maximum absolute atomic E-state index is 14.1. The van der Waals surface area contributed by atoms with E-state index in [1.54, 1.807) is 49.4 Å². The van der Waals surface area contributed by atoms with Crippen molar-refractivity contribution in [2.75, 3.05) is 17.4 Å². The number of halogens is 3. The second-order valence-corrected chi connectivity index (χ2v) is 12.8. The molecule has 2 amide bonds. The fourth-order valence-corrected chi connectivity index (χ4v) is 6.21. The third kappa shape index (κ3) is 8.13. The van der Waals surface area contributed by atoms with Gasteiger partial charge in [-0.05, 0) is 54.3 Å². The summed E-state index contributed by atoms with van der Waals surface area (Å²) >= 11 is 18.9. The number of anilines is 1. The van der Waals surface area contributed by atoms with E-state index >= 15 is 0 Å². The summed E-state index contributed by atoms with van der Waals surface area (Å²) < 4.78 is 28.6. The Morgan fingerprint density at radius 1 is 0.900 bits per heavy atom.